The molecule has 0 spiro atoms. The Hall–Kier alpha value is -6.25. The van der Waals surface area contributed by atoms with Crippen molar-refractivity contribution >= 4 is 95.1 Å². The molecule has 2 aliphatic rings. The van der Waals surface area contributed by atoms with Crippen molar-refractivity contribution in [1.29, 1.82) is 0 Å². The van der Waals surface area contributed by atoms with Crippen molar-refractivity contribution in [2.75, 3.05) is 74.2 Å². The number of anilines is 8. The van der Waals surface area contributed by atoms with Gasteiger partial charge in [0.25, 0.3) is 0 Å². The summed E-state index contributed by atoms with van der Waals surface area (Å²) < 4.78 is 58.6. The van der Waals surface area contributed by atoms with Gasteiger partial charge in [-0.15, -0.1) is 0 Å². The van der Waals surface area contributed by atoms with Crippen LogP contribution in [0.2, 0.25) is 10.0 Å². The number of sulfone groups is 2. The number of benzene rings is 4. The maximum absolute atomic E-state index is 11.8. The molecule has 6 aromatic rings. The second kappa shape index (κ2) is 23.8. The topological polar surface area (TPSA) is 219 Å². The van der Waals surface area contributed by atoms with Gasteiger partial charge >= 0.3 is 0 Å². The minimum atomic E-state index is -3.23. The molecular weight excluding hydrogens is 988 g/mol. The fourth-order valence-corrected chi connectivity index (χ4v) is 10.4. The predicted octanol–water partition coefficient (Wildman–Crippen LogP) is 9.53. The van der Waals surface area contributed by atoms with Gasteiger partial charge in [0.15, 0.2) is 31.3 Å². The Morgan fingerprint density at radius 3 is 1.46 bits per heavy atom. The summed E-state index contributed by atoms with van der Waals surface area (Å²) in [5.41, 5.74) is 6.30. The van der Waals surface area contributed by atoms with Crippen LogP contribution in [0, 0.1) is 0 Å². The van der Waals surface area contributed by atoms with Gasteiger partial charge in [0.1, 0.15) is 21.5 Å². The highest BCUT2D eigenvalue weighted by molar-refractivity contribution is 7.90. The first-order valence-electron chi connectivity index (χ1n) is 22.9. The standard InChI is InChI=1S/C26H30ClN5O4S.C24H28ClN5O3S/c1-17(33)32-12-10-18(11-13-32)19-8-9-23(24(14-19)36-2)30-26-28-15-21(27)25(31-26)29-22-7-5-4-6-20(22)16-37(3,34)35;1-33-22-13-17(16-9-11-26-12-10-16)7-8-21(22)29-24-27-14-19(25)23(30-24)28-20-6-4-3-5-18(20)15-34(2,31)32/h4-9,14-15,18H,10-13,16H2,1-3H3,(H2,28,29,30,31);3-8,13-14,16,26H,9-12,15H2,1-2H3,(H2,27,28,29,30). The van der Waals surface area contributed by atoms with Crippen LogP contribution in [0.15, 0.2) is 97.3 Å². The molecule has 17 nitrogen and oxygen atoms in total. The SMILES string of the molecule is COc1cc(C2CCN(C(C)=O)CC2)ccc1Nc1ncc(Cl)c(Nc2ccccc2CS(C)(=O)=O)n1.COc1cc(C2CCNCC2)ccc1Nc1ncc(Cl)c(Nc2ccccc2CS(C)(=O)=O)n1. The number of methoxy groups -OCH3 is 2. The highest BCUT2D eigenvalue weighted by Gasteiger charge is 2.24. The van der Waals surface area contributed by atoms with Crippen LogP contribution >= 0.6 is 23.2 Å². The summed E-state index contributed by atoms with van der Waals surface area (Å²) in [6.07, 6.45) is 9.39. The summed E-state index contributed by atoms with van der Waals surface area (Å²) in [4.78, 5) is 31.1. The lowest BCUT2D eigenvalue weighted by molar-refractivity contribution is -0.129. The van der Waals surface area contributed by atoms with Gasteiger partial charge in [0.2, 0.25) is 17.8 Å². The molecule has 21 heteroatoms. The molecule has 2 saturated heterocycles. The molecule has 1 amide bonds. The number of nitrogens with zero attached hydrogens (tertiary/aromatic N) is 5. The van der Waals surface area contributed by atoms with Crippen LogP contribution in [-0.4, -0.2) is 100 Å². The van der Waals surface area contributed by atoms with E-state index in [2.05, 4.69) is 64.7 Å². The van der Waals surface area contributed by atoms with Crippen molar-refractivity contribution in [3.05, 3.63) is 130 Å². The van der Waals surface area contributed by atoms with E-state index in [1.54, 1.807) is 63.6 Å². The van der Waals surface area contributed by atoms with Crippen molar-refractivity contribution < 1.29 is 31.1 Å². The molecule has 0 radical (unpaired) electrons. The zero-order valence-corrected chi connectivity index (χ0v) is 43.3. The summed E-state index contributed by atoms with van der Waals surface area (Å²) in [5, 5.41) is 16.7. The lowest BCUT2D eigenvalue weighted by Gasteiger charge is -2.31. The number of rotatable bonds is 16. The largest absolute Gasteiger partial charge is 0.495 e. The lowest BCUT2D eigenvalue weighted by atomic mass is 9.89. The molecule has 71 heavy (non-hydrogen) atoms. The molecule has 2 fully saturated rings. The molecule has 4 aromatic carbocycles. The minimum Gasteiger partial charge on any atom is -0.495 e. The minimum absolute atomic E-state index is 0.0927. The zero-order valence-electron chi connectivity index (χ0n) is 40.1. The maximum atomic E-state index is 11.8. The van der Waals surface area contributed by atoms with Crippen LogP contribution in [0.4, 0.5) is 46.3 Å². The van der Waals surface area contributed by atoms with Gasteiger partial charge in [-0.25, -0.2) is 26.8 Å². The molecule has 0 unspecified atom stereocenters. The lowest BCUT2D eigenvalue weighted by Crippen LogP contribution is -2.36. The number of para-hydroxylation sites is 2. The molecular formula is C50H58Cl2N10O7S2. The zero-order chi connectivity index (χ0) is 50.7. The summed E-state index contributed by atoms with van der Waals surface area (Å²) in [6, 6.07) is 26.4. The van der Waals surface area contributed by atoms with E-state index in [4.69, 9.17) is 32.7 Å². The maximum Gasteiger partial charge on any atom is 0.229 e. The van der Waals surface area contributed by atoms with E-state index in [0.29, 0.717) is 85.1 Å². The van der Waals surface area contributed by atoms with E-state index in [9.17, 15) is 21.6 Å². The van der Waals surface area contributed by atoms with Gasteiger partial charge in [0, 0.05) is 43.9 Å². The molecule has 0 aliphatic carbocycles. The number of hydrogen-bond donors (Lipinski definition) is 5. The van der Waals surface area contributed by atoms with Crippen LogP contribution in [0.25, 0.3) is 0 Å². The Balaban J connectivity index is 0.000000209. The fourth-order valence-electron chi connectivity index (χ4n) is 8.44. The highest BCUT2D eigenvalue weighted by Crippen LogP contribution is 2.37. The van der Waals surface area contributed by atoms with E-state index in [1.807, 2.05) is 29.2 Å². The Bertz CT molecular complexity index is 3060. The molecule has 4 heterocycles. The number of carbonyl (C=O) groups excluding carboxylic acids is 1. The van der Waals surface area contributed by atoms with Crippen molar-refractivity contribution in [2.45, 2.75) is 55.9 Å². The predicted molar refractivity (Wildman–Crippen MR) is 282 cm³/mol. The first kappa shape index (κ1) is 52.6. The van der Waals surface area contributed by atoms with Crippen LogP contribution in [-0.2, 0) is 36.0 Å². The van der Waals surface area contributed by atoms with Crippen LogP contribution in [0.1, 0.15) is 66.7 Å². The van der Waals surface area contributed by atoms with E-state index in [-0.39, 0.29) is 17.4 Å². The molecule has 376 valence electrons. The number of nitrogens with one attached hydrogen (secondary N) is 5. The van der Waals surface area contributed by atoms with E-state index in [1.165, 1.54) is 30.5 Å². The molecule has 0 bridgehead atoms. The molecule has 8 rings (SSSR count). The number of carbonyl (C=O) groups is 1. The van der Waals surface area contributed by atoms with Gasteiger partial charge in [-0.05, 0) is 109 Å². The summed E-state index contributed by atoms with van der Waals surface area (Å²) in [6.45, 7) is 5.16. The number of ether oxygens (including phenoxy) is 2. The monoisotopic (exact) mass is 1040 g/mol. The average molecular weight is 1050 g/mol. The molecule has 0 saturated carbocycles. The quantitative estimate of drug-likeness (QED) is 0.0609. The second-order valence-corrected chi connectivity index (χ2v) is 22.6. The van der Waals surface area contributed by atoms with Crippen molar-refractivity contribution in [3.8, 4) is 11.5 Å². The van der Waals surface area contributed by atoms with E-state index >= 15 is 0 Å². The third-order valence-corrected chi connectivity index (χ3v) is 14.3. The first-order chi connectivity index (χ1) is 33.9. The smallest absolute Gasteiger partial charge is 0.229 e. The summed E-state index contributed by atoms with van der Waals surface area (Å²) in [7, 11) is -3.18. The molecule has 2 aliphatic heterocycles. The van der Waals surface area contributed by atoms with Gasteiger partial charge in [-0.2, -0.15) is 9.97 Å². The number of aromatic nitrogens is 4. The average Bonchev–Trinajstić information content (AvgIpc) is 3.34. The van der Waals surface area contributed by atoms with Crippen molar-refractivity contribution in [3.63, 3.8) is 0 Å². The van der Waals surface area contributed by atoms with Gasteiger partial charge < -0.3 is 41.0 Å². The number of likely N-dealkylation sites (tertiary alicyclic amines) is 1. The second-order valence-electron chi connectivity index (χ2n) is 17.5. The number of piperidine rings is 2. The Morgan fingerprint density at radius 2 is 1.06 bits per heavy atom. The molecule has 5 N–H and O–H groups in total. The van der Waals surface area contributed by atoms with Crippen LogP contribution in [0.3, 0.4) is 0 Å². The third-order valence-electron chi connectivity index (χ3n) is 12.0. The third kappa shape index (κ3) is 14.9. The number of halogens is 2. The first-order valence-corrected chi connectivity index (χ1v) is 27.8. The number of hydrogen-bond acceptors (Lipinski definition) is 16. The summed E-state index contributed by atoms with van der Waals surface area (Å²) >= 11 is 12.7. The fraction of sp³-hybridized carbons (Fsp3) is 0.340. The van der Waals surface area contributed by atoms with Crippen LogP contribution in [0.5, 0.6) is 11.5 Å². The highest BCUT2D eigenvalue weighted by atomic mass is 35.5. The van der Waals surface area contributed by atoms with E-state index in [0.717, 1.165) is 63.1 Å². The van der Waals surface area contributed by atoms with Gasteiger partial charge in [-0.3, -0.25) is 4.79 Å². The van der Waals surface area contributed by atoms with Crippen LogP contribution < -0.4 is 36.1 Å². The van der Waals surface area contributed by atoms with Gasteiger partial charge in [-0.1, -0.05) is 71.7 Å². The molecule has 0 atom stereocenters. The Kier molecular flexibility index (Phi) is 17.6. The Labute approximate surface area is 425 Å². The summed E-state index contributed by atoms with van der Waals surface area (Å²) in [5.74, 6) is 3.48. The van der Waals surface area contributed by atoms with Gasteiger partial charge in [0.05, 0.1) is 49.5 Å². The normalized spacial score (nSPS) is 14.4. The van der Waals surface area contributed by atoms with E-state index < -0.39 is 19.7 Å². The molecule has 2 aromatic heterocycles. The number of amides is 1. The van der Waals surface area contributed by atoms with Crippen molar-refractivity contribution in [2.24, 2.45) is 0 Å². The Morgan fingerprint density at radius 1 is 0.634 bits per heavy atom. The van der Waals surface area contributed by atoms with Crippen molar-refractivity contribution in [1.82, 2.24) is 30.2 Å².